The normalized spacial score (nSPS) is 33.7. The van der Waals surface area contributed by atoms with Crippen molar-refractivity contribution in [2.24, 2.45) is 5.92 Å². The summed E-state index contributed by atoms with van der Waals surface area (Å²) in [5, 5.41) is 0. The van der Waals surface area contributed by atoms with Gasteiger partial charge in [-0.15, -0.1) is 0 Å². The van der Waals surface area contributed by atoms with E-state index in [9.17, 15) is 9.18 Å². The molecule has 0 saturated heterocycles. The lowest BCUT2D eigenvalue weighted by Gasteiger charge is -2.23. The Hall–Kier alpha value is -0.400. The third-order valence-electron chi connectivity index (χ3n) is 2.22. The molecule has 0 aromatic heterocycles. The first-order valence-corrected chi connectivity index (χ1v) is 3.92. The molecular weight excluding hydrogens is 131 g/mol. The third-order valence-corrected chi connectivity index (χ3v) is 2.22. The van der Waals surface area contributed by atoms with Crippen LogP contribution in [0.25, 0.3) is 0 Å². The lowest BCUT2D eigenvalue weighted by atomic mass is 9.86. The van der Waals surface area contributed by atoms with E-state index in [0.29, 0.717) is 12.8 Å². The fraction of sp³-hybridized carbons (Fsp3) is 0.875. The molecule has 1 rings (SSSR count). The van der Waals surface area contributed by atoms with E-state index in [1.165, 1.54) is 0 Å². The Morgan fingerprint density at radius 3 is 2.70 bits per heavy atom. The van der Waals surface area contributed by atoms with Gasteiger partial charge >= 0.3 is 0 Å². The number of carbonyl (C=O) groups is 1. The summed E-state index contributed by atoms with van der Waals surface area (Å²) < 4.78 is 12.9. The van der Waals surface area contributed by atoms with E-state index in [2.05, 4.69) is 0 Å². The maximum absolute atomic E-state index is 12.9. The Kier molecular flexibility index (Phi) is 2.84. The highest BCUT2D eigenvalue weighted by molar-refractivity contribution is 5.49. The average Bonchev–Trinajstić information content (AvgIpc) is 1.94. The number of halogens is 1. The summed E-state index contributed by atoms with van der Waals surface area (Å²) >= 11 is 0. The summed E-state index contributed by atoms with van der Waals surface area (Å²) in [6.07, 6.45) is 4.20. The zero-order valence-corrected chi connectivity index (χ0v) is 6.05. The quantitative estimate of drug-likeness (QED) is 0.542. The van der Waals surface area contributed by atoms with E-state index < -0.39 is 6.17 Å². The highest BCUT2D eigenvalue weighted by atomic mass is 19.1. The Labute approximate surface area is 60.6 Å². The summed E-state index contributed by atoms with van der Waals surface area (Å²) in [4.78, 5) is 10.1. The van der Waals surface area contributed by atoms with Crippen LogP contribution >= 0.6 is 0 Å². The molecule has 0 aromatic rings. The molecule has 0 N–H and O–H groups in total. The summed E-state index contributed by atoms with van der Waals surface area (Å²) in [6.45, 7) is 0. The molecule has 58 valence electrons. The average molecular weight is 144 g/mol. The molecule has 1 saturated carbocycles. The number of rotatable bonds is 2. The molecule has 0 bridgehead atoms. The summed E-state index contributed by atoms with van der Waals surface area (Å²) in [7, 11) is 0. The van der Waals surface area contributed by atoms with Crippen LogP contribution in [-0.4, -0.2) is 12.5 Å². The molecule has 1 fully saturated rings. The Morgan fingerprint density at radius 2 is 2.10 bits per heavy atom. The maximum Gasteiger partial charge on any atom is 0.120 e. The molecule has 1 aliphatic rings. The summed E-state index contributed by atoms with van der Waals surface area (Å²) in [5.41, 5.74) is 0. The lowest BCUT2D eigenvalue weighted by Crippen LogP contribution is -2.20. The molecule has 0 radical (unpaired) electrons. The van der Waals surface area contributed by atoms with Gasteiger partial charge in [-0.3, -0.25) is 0 Å². The van der Waals surface area contributed by atoms with Gasteiger partial charge in [-0.05, 0) is 18.8 Å². The van der Waals surface area contributed by atoms with Crippen LogP contribution in [0.5, 0.6) is 0 Å². The number of hydrogen-bond donors (Lipinski definition) is 0. The Bertz CT molecular complexity index is 114. The number of alkyl halides is 1. The molecule has 0 amide bonds. The second kappa shape index (κ2) is 3.69. The van der Waals surface area contributed by atoms with Crippen LogP contribution in [0.3, 0.4) is 0 Å². The second-order valence-electron chi connectivity index (χ2n) is 2.96. The van der Waals surface area contributed by atoms with Gasteiger partial charge in [0.2, 0.25) is 0 Å². The number of hydrogen-bond acceptors (Lipinski definition) is 1. The first-order valence-electron chi connectivity index (χ1n) is 3.92. The van der Waals surface area contributed by atoms with Crippen molar-refractivity contribution in [2.75, 3.05) is 0 Å². The fourth-order valence-corrected chi connectivity index (χ4v) is 1.55. The van der Waals surface area contributed by atoms with Gasteiger partial charge in [0.1, 0.15) is 12.5 Å². The van der Waals surface area contributed by atoms with Crippen molar-refractivity contribution in [2.45, 2.75) is 38.3 Å². The van der Waals surface area contributed by atoms with E-state index in [0.717, 1.165) is 25.5 Å². The minimum Gasteiger partial charge on any atom is -0.303 e. The molecule has 0 unspecified atom stereocenters. The number of carbonyl (C=O) groups excluding carboxylic acids is 1. The van der Waals surface area contributed by atoms with E-state index >= 15 is 0 Å². The smallest absolute Gasteiger partial charge is 0.120 e. The van der Waals surface area contributed by atoms with Crippen molar-refractivity contribution < 1.29 is 9.18 Å². The predicted molar refractivity (Wildman–Crippen MR) is 37.5 cm³/mol. The van der Waals surface area contributed by atoms with Crippen LogP contribution < -0.4 is 0 Å². The zero-order valence-electron chi connectivity index (χ0n) is 6.05. The molecule has 2 heteroatoms. The molecule has 2 atom stereocenters. The van der Waals surface area contributed by atoms with Gasteiger partial charge in [-0.25, -0.2) is 4.39 Å². The van der Waals surface area contributed by atoms with Crippen LogP contribution in [0.4, 0.5) is 4.39 Å². The van der Waals surface area contributed by atoms with Crippen LogP contribution in [0.2, 0.25) is 0 Å². The van der Waals surface area contributed by atoms with Gasteiger partial charge in [0.05, 0.1) is 0 Å². The van der Waals surface area contributed by atoms with Crippen molar-refractivity contribution >= 4 is 6.29 Å². The summed E-state index contributed by atoms with van der Waals surface area (Å²) in [6, 6.07) is 0. The van der Waals surface area contributed by atoms with E-state index in [4.69, 9.17) is 0 Å². The molecular formula is C8H13FO. The monoisotopic (exact) mass is 144 g/mol. The van der Waals surface area contributed by atoms with E-state index in [-0.39, 0.29) is 5.92 Å². The van der Waals surface area contributed by atoms with Crippen molar-refractivity contribution in [3.8, 4) is 0 Å². The van der Waals surface area contributed by atoms with Gasteiger partial charge in [0.25, 0.3) is 0 Å². The van der Waals surface area contributed by atoms with Gasteiger partial charge in [0.15, 0.2) is 0 Å². The first-order chi connectivity index (χ1) is 4.84. The van der Waals surface area contributed by atoms with Crippen LogP contribution in [0.1, 0.15) is 32.1 Å². The topological polar surface area (TPSA) is 17.1 Å². The standard InChI is InChI=1S/C8H13FO/c9-8-4-2-1-3-7(8)5-6-10/h6-8H,1-5H2/t7-,8-/m1/s1. The molecule has 1 nitrogen and oxygen atoms in total. The number of aldehydes is 1. The molecule has 0 heterocycles. The highest BCUT2D eigenvalue weighted by Crippen LogP contribution is 2.28. The zero-order chi connectivity index (χ0) is 7.40. The molecule has 0 aromatic carbocycles. The SMILES string of the molecule is O=CC[C@H]1CCCC[C@H]1F. The van der Waals surface area contributed by atoms with E-state index in [1.807, 2.05) is 0 Å². The minimum absolute atomic E-state index is 0.0336. The fourth-order valence-electron chi connectivity index (χ4n) is 1.55. The molecule has 0 aliphatic heterocycles. The lowest BCUT2D eigenvalue weighted by molar-refractivity contribution is -0.109. The molecule has 0 spiro atoms. The van der Waals surface area contributed by atoms with Crippen LogP contribution in [0.15, 0.2) is 0 Å². The molecule has 1 aliphatic carbocycles. The highest BCUT2D eigenvalue weighted by Gasteiger charge is 2.23. The van der Waals surface area contributed by atoms with Gasteiger partial charge in [0, 0.05) is 6.42 Å². The van der Waals surface area contributed by atoms with Crippen molar-refractivity contribution in [3.63, 3.8) is 0 Å². The van der Waals surface area contributed by atoms with Crippen LogP contribution in [0, 0.1) is 5.92 Å². The van der Waals surface area contributed by atoms with Crippen molar-refractivity contribution in [3.05, 3.63) is 0 Å². The molecule has 10 heavy (non-hydrogen) atoms. The third kappa shape index (κ3) is 1.79. The summed E-state index contributed by atoms with van der Waals surface area (Å²) in [5.74, 6) is 0.0336. The largest absolute Gasteiger partial charge is 0.303 e. The van der Waals surface area contributed by atoms with Gasteiger partial charge < -0.3 is 4.79 Å². The predicted octanol–water partition coefficient (Wildman–Crippen LogP) is 2.10. The van der Waals surface area contributed by atoms with Crippen molar-refractivity contribution in [1.29, 1.82) is 0 Å². The maximum atomic E-state index is 12.9. The van der Waals surface area contributed by atoms with Crippen LogP contribution in [-0.2, 0) is 4.79 Å². The Morgan fingerprint density at radius 1 is 1.40 bits per heavy atom. The first kappa shape index (κ1) is 7.70. The van der Waals surface area contributed by atoms with Crippen molar-refractivity contribution in [1.82, 2.24) is 0 Å². The Balaban J connectivity index is 2.32. The second-order valence-corrected chi connectivity index (χ2v) is 2.96. The van der Waals surface area contributed by atoms with Gasteiger partial charge in [-0.1, -0.05) is 12.8 Å². The minimum atomic E-state index is -0.709. The van der Waals surface area contributed by atoms with E-state index in [1.54, 1.807) is 0 Å². The van der Waals surface area contributed by atoms with Gasteiger partial charge in [-0.2, -0.15) is 0 Å².